The number of pyridine rings is 1. The second kappa shape index (κ2) is 16.8. The van der Waals surface area contributed by atoms with Crippen molar-refractivity contribution in [2.45, 2.75) is 6.54 Å². The average Bonchev–Trinajstić information content (AvgIpc) is 3.24. The normalized spacial score (nSPS) is 11.5. The van der Waals surface area contributed by atoms with E-state index in [-0.39, 0.29) is 10.6 Å². The molecule has 0 fully saturated rings. The molecule has 25 heteroatoms. The SMILES string of the molecule is Fc1c(F)c(F)c([B-](c2c(F)c(F)c(F)c(F)c2F)(c2c(F)c(F)c(F)c(F)c2F)c2c(F)c(F)c(F)c(F)c2F)c(F)c1F.O=[N+]([O-])c1ccc(C[n+]2ccccc2)cc1. The summed E-state index contributed by atoms with van der Waals surface area (Å²) < 4.78 is 296. The van der Waals surface area contributed by atoms with E-state index in [1.165, 1.54) is 12.1 Å². The molecule has 0 aliphatic heterocycles. The first-order valence-electron chi connectivity index (χ1n) is 15.9. The Labute approximate surface area is 324 Å². The largest absolute Gasteiger partial charge is 0.269 e. The highest BCUT2D eigenvalue weighted by Crippen LogP contribution is 2.30. The van der Waals surface area contributed by atoms with Crippen molar-refractivity contribution in [2.75, 3.05) is 0 Å². The molecule has 4 nitrogen and oxygen atoms in total. The van der Waals surface area contributed by atoms with Crippen LogP contribution in [-0.2, 0) is 6.54 Å². The summed E-state index contributed by atoms with van der Waals surface area (Å²) in [7, 11) is 0. The second-order valence-corrected chi connectivity index (χ2v) is 12.3. The summed E-state index contributed by atoms with van der Waals surface area (Å²) in [5.74, 6) is -71.4. The first-order chi connectivity index (χ1) is 28.5. The van der Waals surface area contributed by atoms with Crippen molar-refractivity contribution < 1.29 is 97.3 Å². The zero-order valence-electron chi connectivity index (χ0n) is 28.8. The number of halogens is 20. The van der Waals surface area contributed by atoms with Crippen LogP contribution in [0, 0.1) is 126 Å². The molecule has 0 bridgehead atoms. The molecule has 0 saturated heterocycles. The second-order valence-electron chi connectivity index (χ2n) is 12.3. The van der Waals surface area contributed by atoms with E-state index in [2.05, 4.69) is 0 Å². The van der Waals surface area contributed by atoms with Gasteiger partial charge in [-0.1, -0.05) is 6.07 Å². The highest BCUT2D eigenvalue weighted by Gasteiger charge is 2.52. The molecular weight excluding hydrogens is 883 g/mol. The third-order valence-electron chi connectivity index (χ3n) is 9.00. The summed E-state index contributed by atoms with van der Waals surface area (Å²) in [6.07, 6.45) is -3.30. The number of hydrogen-bond donors (Lipinski definition) is 0. The van der Waals surface area contributed by atoms with Crippen LogP contribution in [0.25, 0.3) is 0 Å². The molecule has 0 amide bonds. The van der Waals surface area contributed by atoms with E-state index in [4.69, 9.17) is 0 Å². The minimum absolute atomic E-state index is 0.127. The van der Waals surface area contributed by atoms with Gasteiger partial charge in [0.15, 0.2) is 88.7 Å². The predicted octanol–water partition coefficient (Wildman–Crippen LogP) is 7.78. The van der Waals surface area contributed by atoms with E-state index in [9.17, 15) is 62.8 Å². The number of non-ortho nitro benzene ring substituents is 1. The van der Waals surface area contributed by atoms with Gasteiger partial charge in [-0.05, 0) is 12.1 Å². The Kier molecular flexibility index (Phi) is 12.5. The Hall–Kier alpha value is -6.69. The Balaban J connectivity index is 0.000000366. The van der Waals surface area contributed by atoms with Crippen molar-refractivity contribution in [2.24, 2.45) is 0 Å². The molecule has 6 rings (SSSR count). The van der Waals surface area contributed by atoms with Crippen LogP contribution in [0.5, 0.6) is 0 Å². The lowest BCUT2D eigenvalue weighted by Crippen LogP contribution is -2.81. The molecule has 0 radical (unpaired) electrons. The third-order valence-corrected chi connectivity index (χ3v) is 9.00. The van der Waals surface area contributed by atoms with Gasteiger partial charge in [0.2, 0.25) is 0 Å². The zero-order chi connectivity index (χ0) is 45.7. The number of rotatable bonds is 7. The quantitative estimate of drug-likeness (QED) is 0.0313. The predicted molar refractivity (Wildman–Crippen MR) is 168 cm³/mol. The number of hydrogen-bond acceptors (Lipinski definition) is 2. The van der Waals surface area contributed by atoms with Crippen LogP contribution in [0.2, 0.25) is 0 Å². The summed E-state index contributed by atoms with van der Waals surface area (Å²) >= 11 is 0. The molecule has 1 heterocycles. The molecule has 5 aromatic carbocycles. The Morgan fingerprint density at radius 1 is 0.377 bits per heavy atom. The fourth-order valence-corrected chi connectivity index (χ4v) is 6.35. The number of nitrogens with zero attached hydrogens (tertiary/aromatic N) is 2. The Bertz CT molecular complexity index is 2370. The molecular formula is C36H11BF20N2O2. The zero-order valence-corrected chi connectivity index (χ0v) is 28.8. The number of aromatic nitrogens is 1. The van der Waals surface area contributed by atoms with Crippen molar-refractivity contribution in [3.63, 3.8) is 0 Å². The number of benzene rings is 5. The van der Waals surface area contributed by atoms with E-state index in [1.807, 2.05) is 35.2 Å². The van der Waals surface area contributed by atoms with Crippen LogP contribution in [0.3, 0.4) is 0 Å². The standard InChI is InChI=1S/C24BF20.C12H11N2O2/c26-5-1(6(27)14(35)21(42)13(5)34)25(2-7(28)15(36)22(43)16(37)8(2)29,3-9(30)17(38)23(44)18(39)10(3)31)4-11(32)19(40)24(45)20(41)12(4)33;15-14(16)12-6-4-11(5-7-12)10-13-8-2-1-3-9-13/h;1-9H,10H2/q-1;+1. The topological polar surface area (TPSA) is 47.0 Å². The summed E-state index contributed by atoms with van der Waals surface area (Å²) in [5, 5.41) is 10.5. The number of nitro groups is 1. The molecule has 6 aromatic rings. The van der Waals surface area contributed by atoms with Gasteiger partial charge in [-0.25, -0.2) is 92.4 Å². The van der Waals surface area contributed by atoms with Crippen molar-refractivity contribution in [1.29, 1.82) is 0 Å². The minimum Gasteiger partial charge on any atom is -0.258 e. The first-order valence-corrected chi connectivity index (χ1v) is 15.9. The Morgan fingerprint density at radius 2 is 0.607 bits per heavy atom. The lowest BCUT2D eigenvalue weighted by molar-refractivity contribution is -0.688. The van der Waals surface area contributed by atoms with Crippen LogP contribution in [-0.4, -0.2) is 11.1 Å². The maximum atomic E-state index is 15.4. The van der Waals surface area contributed by atoms with Gasteiger partial charge in [0, 0.05) is 29.8 Å². The van der Waals surface area contributed by atoms with Crippen molar-refractivity contribution >= 4 is 33.7 Å². The lowest BCUT2D eigenvalue weighted by Gasteiger charge is -2.44. The fraction of sp³-hybridized carbons (Fsp3) is 0.0278. The summed E-state index contributed by atoms with van der Waals surface area (Å²) in [6, 6.07) is 12.5. The molecule has 320 valence electrons. The van der Waals surface area contributed by atoms with E-state index in [0.717, 1.165) is 12.1 Å². The molecule has 0 unspecified atom stereocenters. The van der Waals surface area contributed by atoms with Gasteiger partial charge in [-0.2, -0.15) is 0 Å². The van der Waals surface area contributed by atoms with Gasteiger partial charge in [0.1, 0.15) is 52.7 Å². The van der Waals surface area contributed by atoms with E-state index >= 15 is 35.1 Å². The first kappa shape index (κ1) is 45.4. The highest BCUT2D eigenvalue weighted by molar-refractivity contribution is 7.20. The van der Waals surface area contributed by atoms with Crippen LogP contribution >= 0.6 is 0 Å². The maximum Gasteiger partial charge on any atom is 0.269 e. The van der Waals surface area contributed by atoms with Crippen LogP contribution < -0.4 is 26.4 Å². The average molecular weight is 894 g/mol. The van der Waals surface area contributed by atoms with E-state index in [0.29, 0.717) is 0 Å². The molecule has 0 aliphatic rings. The van der Waals surface area contributed by atoms with Gasteiger partial charge in [-0.3, -0.25) is 10.1 Å². The van der Waals surface area contributed by atoms with Crippen molar-refractivity contribution in [3.05, 3.63) is 187 Å². The third kappa shape index (κ3) is 7.23. The molecule has 0 spiro atoms. The van der Waals surface area contributed by atoms with Crippen LogP contribution in [0.1, 0.15) is 5.56 Å². The van der Waals surface area contributed by atoms with Gasteiger partial charge in [0.05, 0.1) is 4.92 Å². The van der Waals surface area contributed by atoms with Gasteiger partial charge in [-0.15, -0.1) is 21.9 Å². The smallest absolute Gasteiger partial charge is 0.258 e. The van der Waals surface area contributed by atoms with Gasteiger partial charge < -0.3 is 0 Å². The molecule has 0 N–H and O–H groups in total. The number of nitro benzene ring substituents is 1. The summed E-state index contributed by atoms with van der Waals surface area (Å²) in [4.78, 5) is 10.1. The van der Waals surface area contributed by atoms with E-state index in [1.54, 1.807) is 12.1 Å². The van der Waals surface area contributed by atoms with Crippen molar-refractivity contribution in [3.8, 4) is 0 Å². The fourth-order valence-electron chi connectivity index (χ4n) is 6.35. The monoisotopic (exact) mass is 894 g/mol. The summed E-state index contributed by atoms with van der Waals surface area (Å²) in [5.41, 5.74) is -13.2. The highest BCUT2D eigenvalue weighted by atomic mass is 19.2. The molecule has 0 aliphatic carbocycles. The van der Waals surface area contributed by atoms with Gasteiger partial charge >= 0.3 is 0 Å². The Morgan fingerprint density at radius 3 is 0.836 bits per heavy atom. The van der Waals surface area contributed by atoms with Crippen molar-refractivity contribution in [1.82, 2.24) is 0 Å². The molecule has 1 aromatic heterocycles. The lowest BCUT2D eigenvalue weighted by atomic mass is 9.12. The van der Waals surface area contributed by atoms with E-state index < -0.39 is 144 Å². The minimum atomic E-state index is -7.22. The molecule has 0 atom stereocenters. The molecule has 0 saturated carbocycles. The van der Waals surface area contributed by atoms with Gasteiger partial charge in [0.25, 0.3) is 5.69 Å². The summed E-state index contributed by atoms with van der Waals surface area (Å²) in [6.45, 7) is 0.721. The molecule has 61 heavy (non-hydrogen) atoms. The van der Waals surface area contributed by atoms with Crippen LogP contribution in [0.4, 0.5) is 93.5 Å². The maximum absolute atomic E-state index is 15.4. The van der Waals surface area contributed by atoms with Crippen LogP contribution in [0.15, 0.2) is 54.9 Å².